The number of nitrogens with zero attached hydrogens (tertiary/aromatic N) is 4. The van der Waals surface area contributed by atoms with E-state index in [2.05, 4.69) is 14.5 Å². The predicted molar refractivity (Wildman–Crippen MR) is 46.5 cm³/mol. The van der Waals surface area contributed by atoms with Crippen LogP contribution in [0.1, 0.15) is 0 Å². The minimum atomic E-state index is 0.468. The third kappa shape index (κ3) is 1.16. The number of rotatable bonds is 1. The van der Waals surface area contributed by atoms with E-state index < -0.39 is 0 Å². The van der Waals surface area contributed by atoms with E-state index in [9.17, 15) is 0 Å². The zero-order valence-electron chi connectivity index (χ0n) is 6.43. The second-order valence-corrected chi connectivity index (χ2v) is 3.11. The first-order valence-corrected chi connectivity index (χ1v) is 4.12. The van der Waals surface area contributed by atoms with Gasteiger partial charge in [0.1, 0.15) is 5.69 Å². The lowest BCUT2D eigenvalue weighted by atomic mass is 10.4. The van der Waals surface area contributed by atoms with E-state index in [1.54, 1.807) is 4.68 Å². The number of anilines is 1. The quantitative estimate of drug-likeness (QED) is 0.696. The molecule has 6 heteroatoms. The first kappa shape index (κ1) is 7.23. The molecule has 2 rings (SSSR count). The summed E-state index contributed by atoms with van der Waals surface area (Å²) >= 11 is 1.18. The van der Waals surface area contributed by atoms with Crippen molar-refractivity contribution in [2.24, 2.45) is 7.05 Å². The molecule has 0 radical (unpaired) electrons. The molecule has 0 bridgehead atoms. The number of hydrogen-bond donors (Lipinski definition) is 1. The molecule has 0 amide bonds. The van der Waals surface area contributed by atoms with Crippen molar-refractivity contribution in [2.45, 2.75) is 0 Å². The molecule has 0 saturated heterocycles. The van der Waals surface area contributed by atoms with Crippen molar-refractivity contribution in [3.63, 3.8) is 0 Å². The van der Waals surface area contributed by atoms with Gasteiger partial charge >= 0.3 is 0 Å². The highest BCUT2D eigenvalue weighted by atomic mass is 32.1. The van der Waals surface area contributed by atoms with Gasteiger partial charge in [-0.15, -0.1) is 0 Å². The summed E-state index contributed by atoms with van der Waals surface area (Å²) in [6.07, 6.45) is 1.84. The van der Waals surface area contributed by atoms with Crippen molar-refractivity contribution in [3.8, 4) is 11.5 Å². The average Bonchev–Trinajstić information content (AvgIpc) is 2.58. The summed E-state index contributed by atoms with van der Waals surface area (Å²) < 4.78 is 5.73. The van der Waals surface area contributed by atoms with Crippen molar-refractivity contribution in [1.29, 1.82) is 0 Å². The molecule has 5 nitrogen and oxygen atoms in total. The lowest BCUT2D eigenvalue weighted by Crippen LogP contribution is -1.89. The maximum Gasteiger partial charge on any atom is 0.200 e. The van der Waals surface area contributed by atoms with Crippen LogP contribution in [0, 0.1) is 0 Å². The molecule has 0 aliphatic heterocycles. The molecule has 12 heavy (non-hydrogen) atoms. The highest BCUT2D eigenvalue weighted by Crippen LogP contribution is 2.16. The van der Waals surface area contributed by atoms with Crippen LogP contribution in [0.2, 0.25) is 0 Å². The highest BCUT2D eigenvalue weighted by Gasteiger charge is 2.06. The summed E-state index contributed by atoms with van der Waals surface area (Å²) in [7, 11) is 1.85. The Morgan fingerprint density at radius 3 is 2.92 bits per heavy atom. The van der Waals surface area contributed by atoms with Crippen molar-refractivity contribution < 1.29 is 0 Å². The van der Waals surface area contributed by atoms with Crippen molar-refractivity contribution in [3.05, 3.63) is 12.3 Å². The topological polar surface area (TPSA) is 69.6 Å². The van der Waals surface area contributed by atoms with Gasteiger partial charge in [0.2, 0.25) is 0 Å². The Labute approximate surface area is 73.0 Å². The smallest absolute Gasteiger partial charge is 0.200 e. The number of nitrogens with two attached hydrogens (primary N) is 1. The minimum absolute atomic E-state index is 0.468. The predicted octanol–water partition coefficient (Wildman–Crippen LogP) is 0.521. The van der Waals surface area contributed by atoms with Crippen molar-refractivity contribution >= 4 is 16.7 Å². The van der Waals surface area contributed by atoms with Crippen LogP contribution in [-0.4, -0.2) is 19.1 Å². The fourth-order valence-electron chi connectivity index (χ4n) is 0.874. The summed E-state index contributed by atoms with van der Waals surface area (Å²) in [6, 6.07) is 1.85. The molecule has 0 aromatic carbocycles. The SMILES string of the molecule is Cn1ccc(-c2nsc(N)n2)n1. The Morgan fingerprint density at radius 2 is 2.42 bits per heavy atom. The fourth-order valence-corrected chi connectivity index (χ4v) is 1.32. The molecule has 0 unspecified atom stereocenters. The van der Waals surface area contributed by atoms with Gasteiger partial charge in [0.15, 0.2) is 11.0 Å². The molecule has 62 valence electrons. The van der Waals surface area contributed by atoms with Gasteiger partial charge in [-0.2, -0.15) is 14.5 Å². The van der Waals surface area contributed by atoms with Crippen LogP contribution in [0.25, 0.3) is 11.5 Å². The van der Waals surface area contributed by atoms with Crippen LogP contribution in [0.4, 0.5) is 5.13 Å². The lowest BCUT2D eigenvalue weighted by molar-refractivity contribution is 0.769. The zero-order valence-corrected chi connectivity index (χ0v) is 7.25. The Balaban J connectivity index is 2.43. The normalized spacial score (nSPS) is 10.4. The fraction of sp³-hybridized carbons (Fsp3) is 0.167. The first-order valence-electron chi connectivity index (χ1n) is 3.35. The summed E-state index contributed by atoms with van der Waals surface area (Å²) in [4.78, 5) is 4.00. The van der Waals surface area contributed by atoms with Crippen LogP contribution < -0.4 is 5.73 Å². The molecule has 2 aromatic rings. The second-order valence-electron chi connectivity index (χ2n) is 2.33. The lowest BCUT2D eigenvalue weighted by Gasteiger charge is -1.85. The molecule has 2 aromatic heterocycles. The van der Waals surface area contributed by atoms with E-state index in [1.807, 2.05) is 19.3 Å². The Hall–Kier alpha value is -1.43. The molecule has 0 fully saturated rings. The molecule has 0 spiro atoms. The second kappa shape index (κ2) is 2.56. The van der Waals surface area contributed by atoms with E-state index in [0.29, 0.717) is 11.0 Å². The summed E-state index contributed by atoms with van der Waals surface area (Å²) in [5, 5.41) is 4.61. The van der Waals surface area contributed by atoms with E-state index >= 15 is 0 Å². The zero-order chi connectivity index (χ0) is 8.55. The van der Waals surface area contributed by atoms with Gasteiger partial charge in [-0.1, -0.05) is 0 Å². The van der Waals surface area contributed by atoms with Crippen LogP contribution in [-0.2, 0) is 7.05 Å². The van der Waals surface area contributed by atoms with E-state index in [4.69, 9.17) is 5.73 Å². The maximum atomic E-state index is 5.43. The van der Waals surface area contributed by atoms with Gasteiger partial charge < -0.3 is 5.73 Å². The molecule has 0 saturated carbocycles. The number of hydrogen-bond acceptors (Lipinski definition) is 5. The average molecular weight is 181 g/mol. The highest BCUT2D eigenvalue weighted by molar-refractivity contribution is 7.09. The molecular formula is C6H7N5S. The number of aryl methyl sites for hydroxylation is 1. The van der Waals surface area contributed by atoms with Crippen LogP contribution in [0.15, 0.2) is 12.3 Å². The number of nitrogen functional groups attached to an aromatic ring is 1. The van der Waals surface area contributed by atoms with Crippen LogP contribution in [0.5, 0.6) is 0 Å². The monoisotopic (exact) mass is 181 g/mol. The molecule has 2 N–H and O–H groups in total. The van der Waals surface area contributed by atoms with Crippen LogP contribution >= 0.6 is 11.5 Å². The number of aromatic nitrogens is 4. The van der Waals surface area contributed by atoms with Crippen molar-refractivity contribution in [2.75, 3.05) is 5.73 Å². The Kier molecular flexibility index (Phi) is 1.54. The van der Waals surface area contributed by atoms with Crippen molar-refractivity contribution in [1.82, 2.24) is 19.1 Å². The standard InChI is InChI=1S/C6H7N5S/c1-11-3-2-4(9-11)5-8-6(7)12-10-5/h2-3H,1H3,(H2,7,8,10). The maximum absolute atomic E-state index is 5.43. The largest absolute Gasteiger partial charge is 0.374 e. The van der Waals surface area contributed by atoms with Gasteiger partial charge in [0.05, 0.1) is 0 Å². The van der Waals surface area contributed by atoms with Gasteiger partial charge in [0, 0.05) is 24.8 Å². The summed E-state index contributed by atoms with van der Waals surface area (Å²) in [5.41, 5.74) is 6.19. The van der Waals surface area contributed by atoms with Gasteiger partial charge in [-0.05, 0) is 6.07 Å². The van der Waals surface area contributed by atoms with E-state index in [0.717, 1.165) is 5.69 Å². The van der Waals surface area contributed by atoms with Gasteiger partial charge in [-0.3, -0.25) is 4.68 Å². The molecule has 0 aliphatic rings. The summed E-state index contributed by atoms with van der Waals surface area (Å²) in [6.45, 7) is 0. The van der Waals surface area contributed by atoms with Crippen LogP contribution in [0.3, 0.4) is 0 Å². The van der Waals surface area contributed by atoms with E-state index in [1.165, 1.54) is 11.5 Å². The summed E-state index contributed by atoms with van der Waals surface area (Å²) in [5.74, 6) is 0.595. The third-order valence-electron chi connectivity index (χ3n) is 1.38. The van der Waals surface area contributed by atoms with E-state index in [-0.39, 0.29) is 0 Å². The van der Waals surface area contributed by atoms with Gasteiger partial charge in [-0.25, -0.2) is 0 Å². The van der Waals surface area contributed by atoms with Gasteiger partial charge in [0.25, 0.3) is 0 Å². The molecular weight excluding hydrogens is 174 g/mol. The Morgan fingerprint density at radius 1 is 1.58 bits per heavy atom. The molecule has 0 atom stereocenters. The first-order chi connectivity index (χ1) is 5.75. The Bertz CT molecular complexity index is 352. The molecule has 2 heterocycles. The molecule has 0 aliphatic carbocycles. The minimum Gasteiger partial charge on any atom is -0.374 e. The third-order valence-corrected chi connectivity index (χ3v) is 1.93.